The zero-order chi connectivity index (χ0) is 17.3. The first-order chi connectivity index (χ1) is 11.5. The van der Waals surface area contributed by atoms with E-state index in [1.807, 2.05) is 31.2 Å². The Bertz CT molecular complexity index is 909. The van der Waals surface area contributed by atoms with Gasteiger partial charge in [-0.3, -0.25) is 0 Å². The molecule has 0 unspecified atom stereocenters. The number of hydrogen-bond donors (Lipinski definition) is 1. The minimum absolute atomic E-state index is 0.108. The number of esters is 1. The maximum atomic E-state index is 11.9. The summed E-state index contributed by atoms with van der Waals surface area (Å²) in [4.78, 5) is 21.5. The molecule has 24 heavy (non-hydrogen) atoms. The second kappa shape index (κ2) is 6.62. The van der Waals surface area contributed by atoms with E-state index in [2.05, 4.69) is 15.3 Å². The van der Waals surface area contributed by atoms with Crippen LogP contribution in [0.1, 0.15) is 15.2 Å². The number of fused-ring (bicyclic) bond motifs is 1. The van der Waals surface area contributed by atoms with Crippen molar-refractivity contribution in [2.45, 2.75) is 6.92 Å². The monoisotopic (exact) mass is 363 g/mol. The minimum atomic E-state index is -0.401. The van der Waals surface area contributed by atoms with E-state index in [0.29, 0.717) is 15.5 Å². The molecule has 0 saturated carbocycles. The third-order valence-corrected chi connectivity index (χ3v) is 4.82. The zero-order valence-corrected chi connectivity index (χ0v) is 14.8. The van der Waals surface area contributed by atoms with Crippen LogP contribution >= 0.6 is 22.9 Å². The van der Waals surface area contributed by atoms with Crippen LogP contribution in [0.4, 0.5) is 11.5 Å². The Morgan fingerprint density at radius 2 is 1.92 bits per heavy atom. The number of thiophene rings is 1. The highest BCUT2D eigenvalue weighted by Gasteiger charge is 2.20. The number of aryl methyl sites for hydroxylation is 1. The maximum Gasteiger partial charge on any atom is 0.348 e. The minimum Gasteiger partial charge on any atom is -0.497 e. The number of ether oxygens (including phenoxy) is 2. The van der Waals surface area contributed by atoms with Gasteiger partial charge in [-0.1, -0.05) is 0 Å². The molecule has 0 atom stereocenters. The summed E-state index contributed by atoms with van der Waals surface area (Å²) in [7, 11) is 2.96. The predicted molar refractivity (Wildman–Crippen MR) is 94.8 cm³/mol. The third-order valence-electron chi connectivity index (χ3n) is 3.49. The number of methoxy groups -OCH3 is 2. The zero-order valence-electron chi connectivity index (χ0n) is 13.2. The van der Waals surface area contributed by atoms with Crippen LogP contribution in [0, 0.1) is 6.92 Å². The van der Waals surface area contributed by atoms with E-state index in [0.717, 1.165) is 22.4 Å². The number of halogens is 1. The fourth-order valence-electron chi connectivity index (χ4n) is 2.30. The Hall–Kier alpha value is -2.38. The van der Waals surface area contributed by atoms with Crippen LogP contribution < -0.4 is 10.1 Å². The number of carbonyl (C=O) groups is 1. The van der Waals surface area contributed by atoms with Crippen LogP contribution in [-0.2, 0) is 4.74 Å². The molecule has 8 heteroatoms. The molecule has 0 fully saturated rings. The van der Waals surface area contributed by atoms with Crippen LogP contribution in [0.15, 0.2) is 24.3 Å². The highest BCUT2D eigenvalue weighted by Crippen LogP contribution is 2.36. The third kappa shape index (κ3) is 3.00. The van der Waals surface area contributed by atoms with Crippen molar-refractivity contribution in [1.82, 2.24) is 9.97 Å². The summed E-state index contributed by atoms with van der Waals surface area (Å²) in [5.41, 5.74) is 1.58. The second-order valence-electron chi connectivity index (χ2n) is 4.92. The van der Waals surface area contributed by atoms with Gasteiger partial charge in [-0.05, 0) is 48.4 Å². The van der Waals surface area contributed by atoms with Gasteiger partial charge >= 0.3 is 5.97 Å². The molecule has 2 heterocycles. The molecular weight excluding hydrogens is 350 g/mol. The second-order valence-corrected chi connectivity index (χ2v) is 6.26. The van der Waals surface area contributed by atoms with Crippen molar-refractivity contribution in [1.29, 1.82) is 0 Å². The molecule has 0 bridgehead atoms. The van der Waals surface area contributed by atoms with Crippen LogP contribution in [-0.4, -0.2) is 30.2 Å². The lowest BCUT2D eigenvalue weighted by Gasteiger charge is -2.09. The lowest BCUT2D eigenvalue weighted by Crippen LogP contribution is -2.00. The topological polar surface area (TPSA) is 73.3 Å². The van der Waals surface area contributed by atoms with E-state index in [4.69, 9.17) is 21.1 Å². The molecule has 1 N–H and O–H groups in total. The Balaban J connectivity index is 2.08. The lowest BCUT2D eigenvalue weighted by molar-refractivity contribution is 0.0605. The van der Waals surface area contributed by atoms with Gasteiger partial charge < -0.3 is 14.8 Å². The highest BCUT2D eigenvalue weighted by molar-refractivity contribution is 7.20. The molecule has 3 aromatic rings. The van der Waals surface area contributed by atoms with Gasteiger partial charge in [-0.25, -0.2) is 9.78 Å². The number of hydrogen-bond acceptors (Lipinski definition) is 7. The molecule has 0 radical (unpaired) electrons. The van der Waals surface area contributed by atoms with E-state index >= 15 is 0 Å². The molecule has 0 aliphatic rings. The molecule has 0 aliphatic heterocycles. The Morgan fingerprint density at radius 3 is 2.54 bits per heavy atom. The molecule has 0 spiro atoms. The average Bonchev–Trinajstić information content (AvgIpc) is 2.91. The summed E-state index contributed by atoms with van der Waals surface area (Å²) in [6.45, 7) is 1.83. The van der Waals surface area contributed by atoms with Crippen molar-refractivity contribution in [3.63, 3.8) is 0 Å². The lowest BCUT2D eigenvalue weighted by atomic mass is 10.2. The van der Waals surface area contributed by atoms with E-state index in [-0.39, 0.29) is 5.28 Å². The Morgan fingerprint density at radius 1 is 1.21 bits per heavy atom. The fourth-order valence-corrected chi connectivity index (χ4v) is 3.62. The summed E-state index contributed by atoms with van der Waals surface area (Å²) in [5, 5.41) is 4.07. The van der Waals surface area contributed by atoms with Gasteiger partial charge in [0.1, 0.15) is 21.3 Å². The number of benzene rings is 1. The molecule has 0 aliphatic carbocycles. The maximum absolute atomic E-state index is 11.9. The largest absolute Gasteiger partial charge is 0.497 e. The van der Waals surface area contributed by atoms with Crippen LogP contribution in [0.25, 0.3) is 10.2 Å². The number of carbonyl (C=O) groups excluding carboxylic acids is 1. The number of nitrogens with one attached hydrogen (secondary N) is 1. The van der Waals surface area contributed by atoms with Crippen molar-refractivity contribution in [2.24, 2.45) is 0 Å². The van der Waals surface area contributed by atoms with Crippen LogP contribution in [0.3, 0.4) is 0 Å². The summed E-state index contributed by atoms with van der Waals surface area (Å²) in [5.74, 6) is 0.896. The van der Waals surface area contributed by atoms with E-state index in [1.165, 1.54) is 18.4 Å². The Kier molecular flexibility index (Phi) is 4.55. The first-order valence-corrected chi connectivity index (χ1v) is 8.19. The van der Waals surface area contributed by atoms with Gasteiger partial charge in [0.2, 0.25) is 5.28 Å². The van der Waals surface area contributed by atoms with Crippen LogP contribution in [0.5, 0.6) is 5.75 Å². The van der Waals surface area contributed by atoms with Crippen molar-refractivity contribution >= 4 is 50.6 Å². The standard InChI is InChI=1S/C16H14ClN3O3S/c1-8-11-13(18-9-4-6-10(22-2)7-5-9)19-16(17)20-14(11)24-12(8)15(21)23-3/h4-7H,1-3H3,(H,18,19,20). The molecule has 2 aromatic heterocycles. The molecule has 0 saturated heterocycles. The SMILES string of the molecule is COC(=O)c1sc2nc(Cl)nc(Nc3ccc(OC)cc3)c2c1C. The van der Waals surface area contributed by atoms with Crippen molar-refractivity contribution in [3.8, 4) is 5.75 Å². The van der Waals surface area contributed by atoms with Gasteiger partial charge in [-0.2, -0.15) is 4.98 Å². The average molecular weight is 364 g/mol. The first-order valence-electron chi connectivity index (χ1n) is 6.99. The number of nitrogens with zero attached hydrogens (tertiary/aromatic N) is 2. The summed E-state index contributed by atoms with van der Waals surface area (Å²) in [6, 6.07) is 7.40. The van der Waals surface area contributed by atoms with Crippen molar-refractivity contribution < 1.29 is 14.3 Å². The number of aromatic nitrogens is 2. The van der Waals surface area contributed by atoms with Crippen LogP contribution in [0.2, 0.25) is 5.28 Å². The molecule has 3 rings (SSSR count). The van der Waals surface area contributed by atoms with Crippen molar-refractivity contribution in [2.75, 3.05) is 19.5 Å². The smallest absolute Gasteiger partial charge is 0.348 e. The van der Waals surface area contributed by atoms with Gasteiger partial charge in [0, 0.05) is 5.69 Å². The summed E-state index contributed by atoms with van der Waals surface area (Å²) in [6.07, 6.45) is 0. The predicted octanol–water partition coefficient (Wildman–Crippen LogP) is 4.19. The van der Waals surface area contributed by atoms with Crippen molar-refractivity contribution in [3.05, 3.63) is 40.0 Å². The van der Waals surface area contributed by atoms with Gasteiger partial charge in [-0.15, -0.1) is 11.3 Å². The normalized spacial score (nSPS) is 10.7. The fraction of sp³-hybridized carbons (Fsp3) is 0.188. The molecule has 6 nitrogen and oxygen atoms in total. The van der Waals surface area contributed by atoms with E-state index in [9.17, 15) is 4.79 Å². The molecule has 1 aromatic carbocycles. The van der Waals surface area contributed by atoms with Gasteiger partial charge in [0.05, 0.1) is 19.6 Å². The summed E-state index contributed by atoms with van der Waals surface area (Å²) >= 11 is 7.25. The van der Waals surface area contributed by atoms with Gasteiger partial charge in [0.25, 0.3) is 0 Å². The first kappa shape index (κ1) is 16.5. The molecular formula is C16H14ClN3O3S. The number of anilines is 2. The van der Waals surface area contributed by atoms with Gasteiger partial charge in [0.15, 0.2) is 0 Å². The summed E-state index contributed by atoms with van der Waals surface area (Å²) < 4.78 is 9.96. The van der Waals surface area contributed by atoms with E-state index in [1.54, 1.807) is 7.11 Å². The number of rotatable bonds is 4. The Labute approximate surface area is 147 Å². The quantitative estimate of drug-likeness (QED) is 0.553. The van der Waals surface area contributed by atoms with E-state index < -0.39 is 5.97 Å². The highest BCUT2D eigenvalue weighted by atomic mass is 35.5. The molecule has 0 amide bonds. The molecule has 124 valence electrons.